The Morgan fingerprint density at radius 2 is 1.83 bits per heavy atom. The van der Waals surface area contributed by atoms with Crippen LogP contribution in [0.25, 0.3) is 0 Å². The van der Waals surface area contributed by atoms with E-state index in [9.17, 15) is 26.8 Å². The fourth-order valence-electron chi connectivity index (χ4n) is 3.13. The average molecular weight is 439 g/mol. The number of nitrogens with one attached hydrogen (secondary N) is 2. The van der Waals surface area contributed by atoms with E-state index in [0.29, 0.717) is 11.8 Å². The standard InChI is InChI=1S/C19H19F2N3O5S/c1-29-17-9-14(3-4-16(17)23-30(2,27)28)22-19(26)11-5-18(25)24(10-11)15-7-12(20)6-13(21)8-15/h3-4,6-9,11,23H,5,10H2,1-2H3,(H,22,26). The summed E-state index contributed by atoms with van der Waals surface area (Å²) >= 11 is 0. The zero-order chi connectivity index (χ0) is 22.1. The molecule has 0 saturated carbocycles. The molecular weight excluding hydrogens is 420 g/mol. The Kier molecular flexibility index (Phi) is 5.92. The van der Waals surface area contributed by atoms with E-state index in [-0.39, 0.29) is 30.1 Å². The van der Waals surface area contributed by atoms with Gasteiger partial charge in [-0.05, 0) is 24.3 Å². The van der Waals surface area contributed by atoms with Crippen molar-refractivity contribution in [2.45, 2.75) is 6.42 Å². The molecule has 2 aromatic carbocycles. The van der Waals surface area contributed by atoms with Crippen LogP contribution >= 0.6 is 0 Å². The predicted octanol–water partition coefficient (Wildman–Crippen LogP) is 2.34. The molecule has 1 saturated heterocycles. The number of nitrogens with zero attached hydrogens (tertiary/aromatic N) is 1. The lowest BCUT2D eigenvalue weighted by atomic mass is 10.1. The third-order valence-electron chi connectivity index (χ3n) is 4.42. The lowest BCUT2D eigenvalue weighted by molar-refractivity contribution is -0.122. The summed E-state index contributed by atoms with van der Waals surface area (Å²) in [6, 6.07) is 7.09. The molecule has 2 amide bonds. The summed E-state index contributed by atoms with van der Waals surface area (Å²) in [6.07, 6.45) is 0.879. The van der Waals surface area contributed by atoms with Gasteiger partial charge in [0, 0.05) is 36.5 Å². The van der Waals surface area contributed by atoms with Crippen LogP contribution in [-0.2, 0) is 19.6 Å². The Morgan fingerprint density at radius 1 is 1.17 bits per heavy atom. The number of anilines is 3. The highest BCUT2D eigenvalue weighted by atomic mass is 32.2. The quantitative estimate of drug-likeness (QED) is 0.719. The highest BCUT2D eigenvalue weighted by molar-refractivity contribution is 7.92. The minimum absolute atomic E-state index is 0.0294. The van der Waals surface area contributed by atoms with E-state index in [1.807, 2.05) is 0 Å². The van der Waals surface area contributed by atoms with Crippen LogP contribution in [-0.4, -0.2) is 40.1 Å². The van der Waals surface area contributed by atoms with Crippen molar-refractivity contribution in [2.24, 2.45) is 5.92 Å². The Morgan fingerprint density at radius 3 is 2.43 bits per heavy atom. The second-order valence-corrected chi connectivity index (χ2v) is 8.56. The van der Waals surface area contributed by atoms with Gasteiger partial charge >= 0.3 is 0 Å². The highest BCUT2D eigenvalue weighted by Crippen LogP contribution is 2.30. The number of methoxy groups -OCH3 is 1. The molecule has 1 heterocycles. The molecule has 1 atom stereocenters. The smallest absolute Gasteiger partial charge is 0.229 e. The van der Waals surface area contributed by atoms with Crippen molar-refractivity contribution in [3.05, 3.63) is 48.0 Å². The van der Waals surface area contributed by atoms with Gasteiger partial charge in [0.05, 0.1) is 25.0 Å². The number of hydrogen-bond acceptors (Lipinski definition) is 5. The maximum absolute atomic E-state index is 13.4. The third-order valence-corrected chi connectivity index (χ3v) is 5.01. The van der Waals surface area contributed by atoms with E-state index >= 15 is 0 Å². The summed E-state index contributed by atoms with van der Waals surface area (Å²) in [7, 11) is -2.17. The molecule has 0 bridgehead atoms. The number of sulfonamides is 1. The van der Waals surface area contributed by atoms with Crippen molar-refractivity contribution in [3.63, 3.8) is 0 Å². The molecule has 1 unspecified atom stereocenters. The fourth-order valence-corrected chi connectivity index (χ4v) is 3.69. The maximum Gasteiger partial charge on any atom is 0.229 e. The van der Waals surface area contributed by atoms with Gasteiger partial charge in [-0.1, -0.05) is 0 Å². The van der Waals surface area contributed by atoms with E-state index < -0.39 is 39.4 Å². The average Bonchev–Trinajstić information content (AvgIpc) is 3.03. The number of benzene rings is 2. The summed E-state index contributed by atoms with van der Waals surface area (Å²) in [5.74, 6) is -3.07. The number of rotatable bonds is 6. The van der Waals surface area contributed by atoms with E-state index in [4.69, 9.17) is 4.74 Å². The van der Waals surface area contributed by atoms with Gasteiger partial charge in [-0.15, -0.1) is 0 Å². The normalized spacial score (nSPS) is 16.5. The number of carbonyl (C=O) groups is 2. The molecule has 1 aliphatic rings. The van der Waals surface area contributed by atoms with E-state index in [2.05, 4.69) is 10.0 Å². The van der Waals surface area contributed by atoms with Crippen LogP contribution in [0, 0.1) is 17.6 Å². The van der Waals surface area contributed by atoms with Crippen LogP contribution in [0.3, 0.4) is 0 Å². The molecule has 2 N–H and O–H groups in total. The first-order valence-corrected chi connectivity index (χ1v) is 10.7. The van der Waals surface area contributed by atoms with Gasteiger partial charge in [0.1, 0.15) is 17.4 Å². The molecule has 0 spiro atoms. The highest BCUT2D eigenvalue weighted by Gasteiger charge is 2.35. The molecule has 160 valence electrons. The Labute approximate surface area is 171 Å². The van der Waals surface area contributed by atoms with E-state index in [0.717, 1.165) is 23.3 Å². The zero-order valence-electron chi connectivity index (χ0n) is 16.1. The molecule has 8 nitrogen and oxygen atoms in total. The van der Waals surface area contributed by atoms with Crippen LogP contribution in [0.15, 0.2) is 36.4 Å². The Hall–Kier alpha value is -3.21. The Bertz CT molecular complexity index is 1090. The van der Waals surface area contributed by atoms with Crippen molar-refractivity contribution in [1.82, 2.24) is 0 Å². The number of hydrogen-bond donors (Lipinski definition) is 2. The SMILES string of the molecule is COc1cc(NC(=O)C2CC(=O)N(c3cc(F)cc(F)c3)C2)ccc1NS(C)(=O)=O. The summed E-state index contributed by atoms with van der Waals surface area (Å²) in [4.78, 5) is 26.0. The lowest BCUT2D eigenvalue weighted by Gasteiger charge is -2.17. The van der Waals surface area contributed by atoms with Gasteiger partial charge in [-0.2, -0.15) is 0 Å². The van der Waals surface area contributed by atoms with Crippen molar-refractivity contribution in [1.29, 1.82) is 0 Å². The first-order chi connectivity index (χ1) is 14.1. The molecule has 11 heteroatoms. The molecule has 0 aliphatic carbocycles. The van der Waals surface area contributed by atoms with Crippen LogP contribution in [0.5, 0.6) is 5.75 Å². The molecule has 2 aromatic rings. The topological polar surface area (TPSA) is 105 Å². The van der Waals surface area contributed by atoms with Gasteiger partial charge in [0.25, 0.3) is 0 Å². The second-order valence-electron chi connectivity index (χ2n) is 6.81. The predicted molar refractivity (Wildman–Crippen MR) is 107 cm³/mol. The summed E-state index contributed by atoms with van der Waals surface area (Å²) in [6.45, 7) is -0.0294. The number of ether oxygens (including phenoxy) is 1. The minimum atomic E-state index is -3.52. The van der Waals surface area contributed by atoms with Crippen molar-refractivity contribution in [3.8, 4) is 5.75 Å². The molecule has 1 fully saturated rings. The molecule has 0 aromatic heterocycles. The summed E-state index contributed by atoms with van der Waals surface area (Å²) < 4.78 is 57.1. The van der Waals surface area contributed by atoms with Gasteiger partial charge in [-0.25, -0.2) is 17.2 Å². The van der Waals surface area contributed by atoms with Crippen LogP contribution in [0.4, 0.5) is 25.8 Å². The third kappa shape index (κ3) is 5.03. The van der Waals surface area contributed by atoms with Gasteiger partial charge in [-0.3, -0.25) is 14.3 Å². The lowest BCUT2D eigenvalue weighted by Crippen LogP contribution is -2.28. The van der Waals surface area contributed by atoms with Crippen molar-refractivity contribution >= 4 is 38.9 Å². The van der Waals surface area contributed by atoms with Gasteiger partial charge in [0.15, 0.2) is 0 Å². The van der Waals surface area contributed by atoms with Crippen molar-refractivity contribution in [2.75, 3.05) is 34.8 Å². The van der Waals surface area contributed by atoms with Crippen LogP contribution in [0.2, 0.25) is 0 Å². The number of carbonyl (C=O) groups excluding carboxylic acids is 2. The Balaban J connectivity index is 1.73. The van der Waals surface area contributed by atoms with Crippen LogP contribution < -0.4 is 19.7 Å². The largest absolute Gasteiger partial charge is 0.494 e. The molecule has 1 aliphatic heterocycles. The molecule has 0 radical (unpaired) electrons. The first kappa shape index (κ1) is 21.5. The monoisotopic (exact) mass is 439 g/mol. The van der Waals surface area contributed by atoms with E-state index in [1.165, 1.54) is 25.3 Å². The number of halogens is 2. The van der Waals surface area contributed by atoms with E-state index in [1.54, 1.807) is 0 Å². The second kappa shape index (κ2) is 8.27. The van der Waals surface area contributed by atoms with Gasteiger partial charge in [0.2, 0.25) is 21.8 Å². The minimum Gasteiger partial charge on any atom is -0.494 e. The summed E-state index contributed by atoms with van der Waals surface area (Å²) in [5.41, 5.74) is 0.581. The number of amides is 2. The van der Waals surface area contributed by atoms with Crippen molar-refractivity contribution < 1.29 is 31.5 Å². The summed E-state index contributed by atoms with van der Waals surface area (Å²) in [5, 5.41) is 2.64. The fraction of sp³-hybridized carbons (Fsp3) is 0.263. The maximum atomic E-state index is 13.4. The molecule has 3 rings (SSSR count). The first-order valence-electron chi connectivity index (χ1n) is 8.79. The van der Waals surface area contributed by atoms with Gasteiger partial charge < -0.3 is 15.0 Å². The molecule has 30 heavy (non-hydrogen) atoms. The van der Waals surface area contributed by atoms with Crippen LogP contribution in [0.1, 0.15) is 6.42 Å². The zero-order valence-corrected chi connectivity index (χ0v) is 16.9. The molecular formula is C19H19F2N3O5S.